The number of methoxy groups -OCH3 is 1. The number of aromatic amines is 1. The van der Waals surface area contributed by atoms with Crippen LogP contribution < -0.4 is 16.0 Å². The van der Waals surface area contributed by atoms with Crippen LogP contribution in [-0.2, 0) is 14.3 Å². The fourth-order valence-electron chi connectivity index (χ4n) is 4.45. The minimum absolute atomic E-state index is 0.164. The Hall–Kier alpha value is -5.08. The summed E-state index contributed by atoms with van der Waals surface area (Å²) in [6.07, 6.45) is 4.75. The average Bonchev–Trinajstić information content (AvgIpc) is 3.67. The Bertz CT molecular complexity index is 1640. The van der Waals surface area contributed by atoms with Crippen molar-refractivity contribution in [1.82, 2.24) is 35.5 Å². The Balaban J connectivity index is 1.41. The van der Waals surface area contributed by atoms with Crippen LogP contribution in [0.3, 0.4) is 0 Å². The van der Waals surface area contributed by atoms with E-state index < -0.39 is 30.1 Å². The van der Waals surface area contributed by atoms with Crippen molar-refractivity contribution in [2.75, 3.05) is 17.7 Å². The molecule has 2 aromatic carbocycles. The first-order valence-corrected chi connectivity index (χ1v) is 13.2. The lowest BCUT2D eigenvalue weighted by Gasteiger charge is -2.19. The monoisotopic (exact) mass is 591 g/mol. The Morgan fingerprint density at radius 1 is 1.21 bits per heavy atom. The van der Waals surface area contributed by atoms with Crippen molar-refractivity contribution in [3.05, 3.63) is 71.4 Å². The van der Waals surface area contributed by atoms with Crippen LogP contribution in [0, 0.1) is 0 Å². The van der Waals surface area contributed by atoms with Gasteiger partial charge in [-0.15, -0.1) is 5.10 Å². The number of benzene rings is 2. The molecule has 0 saturated heterocycles. The fraction of sp³-hybridized carbons (Fsp3) is 0.222. The van der Waals surface area contributed by atoms with Crippen molar-refractivity contribution in [3.63, 3.8) is 0 Å². The molecule has 0 fully saturated rings. The number of carbonyl (C=O) groups is 3. The Kier molecular flexibility index (Phi) is 8.55. The zero-order valence-corrected chi connectivity index (χ0v) is 23.0. The van der Waals surface area contributed by atoms with Crippen molar-refractivity contribution < 1.29 is 24.2 Å². The SMILES string of the molecule is COC(=O)Nc1ccc2c(c1)NC(=O)CC(O)CC[C@H](NC(=O)/C=C/c1cc(Cl)ccc1-n1cnnn1)c1nc-2c[nH]1. The first-order chi connectivity index (χ1) is 20.3. The van der Waals surface area contributed by atoms with Gasteiger partial charge in [-0.2, -0.15) is 4.68 Å². The number of nitrogens with zero attached hydrogens (tertiary/aromatic N) is 5. The summed E-state index contributed by atoms with van der Waals surface area (Å²) < 4.78 is 6.09. The number of nitrogens with one attached hydrogen (secondary N) is 4. The molecule has 14 nitrogen and oxygen atoms in total. The molecule has 5 N–H and O–H groups in total. The van der Waals surface area contributed by atoms with Crippen molar-refractivity contribution in [3.8, 4) is 16.9 Å². The van der Waals surface area contributed by atoms with E-state index in [9.17, 15) is 19.5 Å². The van der Waals surface area contributed by atoms with Gasteiger partial charge >= 0.3 is 6.09 Å². The number of aliphatic hydroxyl groups excluding tert-OH is 1. The molecule has 15 heteroatoms. The van der Waals surface area contributed by atoms with Crippen molar-refractivity contribution >= 4 is 47.0 Å². The van der Waals surface area contributed by atoms with E-state index in [1.807, 2.05) is 0 Å². The maximum absolute atomic E-state index is 13.1. The summed E-state index contributed by atoms with van der Waals surface area (Å²) in [7, 11) is 1.24. The van der Waals surface area contributed by atoms with Crippen LogP contribution in [0.4, 0.5) is 16.2 Å². The maximum Gasteiger partial charge on any atom is 0.411 e. The lowest BCUT2D eigenvalue weighted by Crippen LogP contribution is -2.29. The van der Waals surface area contributed by atoms with Crippen LogP contribution in [-0.4, -0.2) is 66.4 Å². The van der Waals surface area contributed by atoms with Crippen LogP contribution in [0.2, 0.25) is 5.02 Å². The fourth-order valence-corrected chi connectivity index (χ4v) is 4.63. The molecule has 5 rings (SSSR count). The van der Waals surface area contributed by atoms with E-state index in [4.69, 9.17) is 11.6 Å². The number of halogens is 1. The number of carbonyl (C=O) groups excluding carboxylic acids is 3. The quantitative estimate of drug-likeness (QED) is 0.217. The summed E-state index contributed by atoms with van der Waals surface area (Å²) in [6.45, 7) is 0. The molecule has 3 heterocycles. The van der Waals surface area contributed by atoms with Gasteiger partial charge in [-0.3, -0.25) is 14.9 Å². The zero-order valence-electron chi connectivity index (χ0n) is 22.2. The molecule has 0 spiro atoms. The highest BCUT2D eigenvalue weighted by molar-refractivity contribution is 6.30. The largest absolute Gasteiger partial charge is 0.453 e. The van der Waals surface area contributed by atoms with E-state index in [1.54, 1.807) is 48.7 Å². The summed E-state index contributed by atoms with van der Waals surface area (Å²) >= 11 is 6.18. The topological polar surface area (TPSA) is 189 Å². The number of anilines is 2. The first kappa shape index (κ1) is 28.4. The van der Waals surface area contributed by atoms with Crippen molar-refractivity contribution in [2.45, 2.75) is 31.4 Å². The Morgan fingerprint density at radius 2 is 2.07 bits per heavy atom. The Labute approximate surface area is 244 Å². The van der Waals surface area contributed by atoms with Gasteiger partial charge in [-0.05, 0) is 65.7 Å². The van der Waals surface area contributed by atoms with Gasteiger partial charge in [-0.1, -0.05) is 11.6 Å². The van der Waals surface area contributed by atoms with E-state index in [1.165, 1.54) is 24.2 Å². The third-order valence-electron chi connectivity index (χ3n) is 6.45. The van der Waals surface area contributed by atoms with Gasteiger partial charge in [0.05, 0.1) is 42.7 Å². The number of ether oxygens (including phenoxy) is 1. The highest BCUT2D eigenvalue weighted by Gasteiger charge is 2.23. The lowest BCUT2D eigenvalue weighted by atomic mass is 10.0. The number of hydrogen-bond donors (Lipinski definition) is 5. The van der Waals surface area contributed by atoms with Crippen LogP contribution >= 0.6 is 11.6 Å². The highest BCUT2D eigenvalue weighted by Crippen LogP contribution is 2.32. The number of aliphatic hydroxyl groups is 1. The molecule has 216 valence electrons. The van der Waals surface area contributed by atoms with Crippen LogP contribution in [0.25, 0.3) is 23.0 Å². The van der Waals surface area contributed by atoms with Crippen LogP contribution in [0.5, 0.6) is 0 Å². The number of rotatable bonds is 5. The molecule has 0 saturated carbocycles. The number of fused-ring (bicyclic) bond motifs is 4. The standard InChI is InChI=1S/C27H26ClN9O5/c1-42-27(41)31-17-4-6-19-21(11-17)33-25(40)12-18(38)5-7-20(26-29-13-22(19)34-26)32-24(39)9-2-15-10-16(28)3-8-23(15)37-14-30-35-36-37/h2-4,6,8-11,13-14,18,20,38H,5,7,12H2,1H3,(H,29,34)(H,31,41)(H,32,39)(H,33,40)/b9-2+/t18?,20-/m0/s1. The van der Waals surface area contributed by atoms with E-state index in [0.717, 1.165) is 0 Å². The average molecular weight is 592 g/mol. The molecule has 42 heavy (non-hydrogen) atoms. The molecule has 0 radical (unpaired) electrons. The second kappa shape index (κ2) is 12.6. The van der Waals surface area contributed by atoms with Crippen LogP contribution in [0.15, 0.2) is 55.0 Å². The smallest absolute Gasteiger partial charge is 0.411 e. The predicted molar refractivity (Wildman–Crippen MR) is 153 cm³/mol. The predicted octanol–water partition coefficient (Wildman–Crippen LogP) is 3.24. The van der Waals surface area contributed by atoms with Gasteiger partial charge < -0.3 is 25.5 Å². The van der Waals surface area contributed by atoms with Gasteiger partial charge in [0.15, 0.2) is 0 Å². The molecule has 2 bridgehead atoms. The van der Waals surface area contributed by atoms with E-state index in [0.29, 0.717) is 51.2 Å². The van der Waals surface area contributed by atoms with Gasteiger partial charge in [0.1, 0.15) is 12.2 Å². The third-order valence-corrected chi connectivity index (χ3v) is 6.69. The molecule has 1 aliphatic heterocycles. The first-order valence-electron chi connectivity index (χ1n) is 12.8. The summed E-state index contributed by atoms with van der Waals surface area (Å²) in [5.41, 5.74) is 3.08. The second-order valence-corrected chi connectivity index (χ2v) is 9.82. The van der Waals surface area contributed by atoms with E-state index in [2.05, 4.69) is 46.2 Å². The molecule has 4 aromatic rings. The van der Waals surface area contributed by atoms with Gasteiger partial charge in [0, 0.05) is 34.1 Å². The summed E-state index contributed by atoms with van der Waals surface area (Å²) in [4.78, 5) is 45.2. The van der Waals surface area contributed by atoms with Crippen molar-refractivity contribution in [2.24, 2.45) is 0 Å². The Morgan fingerprint density at radius 3 is 2.86 bits per heavy atom. The zero-order chi connectivity index (χ0) is 29.6. The second-order valence-electron chi connectivity index (χ2n) is 9.38. The molecular formula is C27H26ClN9O5. The number of amides is 3. The van der Waals surface area contributed by atoms with Crippen molar-refractivity contribution in [1.29, 1.82) is 0 Å². The highest BCUT2D eigenvalue weighted by atomic mass is 35.5. The summed E-state index contributed by atoms with van der Waals surface area (Å²) in [5.74, 6) is -0.372. The molecule has 2 aromatic heterocycles. The number of imidazole rings is 1. The number of H-pyrrole nitrogens is 1. The number of hydrogen-bond acceptors (Lipinski definition) is 9. The minimum Gasteiger partial charge on any atom is -0.453 e. The third kappa shape index (κ3) is 6.79. The molecule has 3 amide bonds. The molecule has 0 aliphatic carbocycles. The van der Waals surface area contributed by atoms with Gasteiger partial charge in [0.25, 0.3) is 0 Å². The molecule has 1 unspecified atom stereocenters. The van der Waals surface area contributed by atoms with Gasteiger partial charge in [0.2, 0.25) is 11.8 Å². The molecule has 2 atom stereocenters. The van der Waals surface area contributed by atoms with E-state index in [-0.39, 0.29) is 12.8 Å². The van der Waals surface area contributed by atoms with Crippen LogP contribution in [0.1, 0.15) is 36.7 Å². The lowest BCUT2D eigenvalue weighted by molar-refractivity contribution is -0.119. The summed E-state index contributed by atoms with van der Waals surface area (Å²) in [5, 5.41) is 30.5. The number of aromatic nitrogens is 6. The number of tetrazole rings is 1. The maximum atomic E-state index is 13.1. The van der Waals surface area contributed by atoms with Gasteiger partial charge in [-0.25, -0.2) is 9.78 Å². The summed E-state index contributed by atoms with van der Waals surface area (Å²) in [6, 6.07) is 9.40. The molecular weight excluding hydrogens is 566 g/mol. The normalized spacial score (nSPS) is 17.0. The molecule has 1 aliphatic rings. The van der Waals surface area contributed by atoms with E-state index >= 15 is 0 Å². The minimum atomic E-state index is -0.973.